The van der Waals surface area contributed by atoms with Crippen LogP contribution in [0.3, 0.4) is 0 Å². The lowest BCUT2D eigenvalue weighted by Gasteiger charge is -2.25. The summed E-state index contributed by atoms with van der Waals surface area (Å²) in [6.07, 6.45) is -2.22. The maximum atomic E-state index is 12.8. The highest BCUT2D eigenvalue weighted by Gasteiger charge is 2.34. The van der Waals surface area contributed by atoms with Crippen LogP contribution in [-0.2, 0) is 28.7 Å². The van der Waals surface area contributed by atoms with Crippen molar-refractivity contribution in [2.45, 2.75) is 45.0 Å². The molecule has 1 unspecified atom stereocenters. The molecule has 4 rings (SSSR count). The number of hydrogen-bond acceptors (Lipinski definition) is 7. The molecular formula is C24H25F3N4O4S. The first kappa shape index (κ1) is 25.7. The molecule has 1 aliphatic carbocycles. The number of likely N-dealkylation sites (N-methyl/N-ethyl adjacent to an activating group) is 1. The smallest absolute Gasteiger partial charge is 0.435 e. The van der Waals surface area contributed by atoms with E-state index in [4.69, 9.17) is 9.47 Å². The van der Waals surface area contributed by atoms with Gasteiger partial charge in [0.15, 0.2) is 11.4 Å². The molecule has 12 heteroatoms. The topological polar surface area (TPSA) is 86.5 Å². The van der Waals surface area contributed by atoms with Crippen molar-refractivity contribution >= 4 is 23.2 Å². The molecule has 0 saturated carbocycles. The van der Waals surface area contributed by atoms with Crippen LogP contribution < -0.4 is 4.74 Å². The molecule has 2 aromatic heterocycles. The van der Waals surface area contributed by atoms with Gasteiger partial charge < -0.3 is 14.4 Å². The molecule has 1 amide bonds. The van der Waals surface area contributed by atoms with Crippen LogP contribution in [0.1, 0.15) is 51.9 Å². The van der Waals surface area contributed by atoms with Crippen LogP contribution in [0.2, 0.25) is 0 Å². The SMILES string of the molecule is Cc1cc(C(F)(F)F)nn1CC(=O)N(C)CCOc1nc(C(=O)OC2CCCc3ccccc32)cs1. The van der Waals surface area contributed by atoms with E-state index in [1.165, 1.54) is 24.4 Å². The van der Waals surface area contributed by atoms with Gasteiger partial charge >= 0.3 is 12.1 Å². The summed E-state index contributed by atoms with van der Waals surface area (Å²) >= 11 is 1.14. The molecule has 0 fully saturated rings. The van der Waals surface area contributed by atoms with E-state index >= 15 is 0 Å². The number of aryl methyl sites for hydroxylation is 2. The quantitative estimate of drug-likeness (QED) is 0.407. The molecule has 36 heavy (non-hydrogen) atoms. The molecule has 0 spiro atoms. The van der Waals surface area contributed by atoms with Crippen LogP contribution in [0.4, 0.5) is 13.2 Å². The second-order valence-electron chi connectivity index (χ2n) is 8.47. The summed E-state index contributed by atoms with van der Waals surface area (Å²) in [6.45, 7) is 1.39. The van der Waals surface area contributed by atoms with Gasteiger partial charge in [0.2, 0.25) is 5.91 Å². The summed E-state index contributed by atoms with van der Waals surface area (Å²) in [5, 5.41) is 5.28. The standard InChI is InChI=1S/C24H25F3N4O4S/c1-15-12-20(24(25,26)27)29-31(15)13-21(32)30(2)10-11-34-23-28-18(14-36-23)22(33)35-19-9-5-7-16-6-3-4-8-17(16)19/h3-4,6,8,12,14,19H,5,7,9-11,13H2,1-2H3. The van der Waals surface area contributed by atoms with E-state index in [1.807, 2.05) is 24.3 Å². The van der Waals surface area contributed by atoms with Gasteiger partial charge in [-0.2, -0.15) is 23.3 Å². The third-order valence-corrected chi connectivity index (χ3v) is 6.64. The average molecular weight is 523 g/mol. The number of amides is 1. The molecule has 1 atom stereocenters. The van der Waals surface area contributed by atoms with E-state index in [0.29, 0.717) is 0 Å². The fraction of sp³-hybridized carbons (Fsp3) is 0.417. The van der Waals surface area contributed by atoms with Gasteiger partial charge in [-0.3, -0.25) is 9.48 Å². The zero-order valence-corrected chi connectivity index (χ0v) is 20.6. The maximum absolute atomic E-state index is 12.8. The number of alkyl halides is 3. The first-order valence-corrected chi connectivity index (χ1v) is 12.2. The van der Waals surface area contributed by atoms with Gasteiger partial charge in [-0.25, -0.2) is 4.79 Å². The van der Waals surface area contributed by atoms with E-state index in [0.717, 1.165) is 46.9 Å². The number of thiazole rings is 1. The van der Waals surface area contributed by atoms with Gasteiger partial charge in [-0.1, -0.05) is 35.6 Å². The largest absolute Gasteiger partial charge is 0.468 e. The number of fused-ring (bicyclic) bond motifs is 1. The number of nitrogens with zero attached hydrogens (tertiary/aromatic N) is 4. The first-order valence-electron chi connectivity index (χ1n) is 11.3. The van der Waals surface area contributed by atoms with Crippen molar-refractivity contribution in [1.82, 2.24) is 19.7 Å². The lowest BCUT2D eigenvalue weighted by molar-refractivity contribution is -0.142. The first-order chi connectivity index (χ1) is 17.1. The van der Waals surface area contributed by atoms with Gasteiger partial charge in [-0.15, -0.1) is 0 Å². The minimum absolute atomic E-state index is 0.0894. The minimum Gasteiger partial charge on any atom is -0.468 e. The zero-order chi connectivity index (χ0) is 25.9. The van der Waals surface area contributed by atoms with Crippen molar-refractivity contribution in [2.24, 2.45) is 0 Å². The van der Waals surface area contributed by atoms with E-state index < -0.39 is 23.7 Å². The zero-order valence-electron chi connectivity index (χ0n) is 19.7. The fourth-order valence-electron chi connectivity index (χ4n) is 3.89. The van der Waals surface area contributed by atoms with Crippen LogP contribution in [0.15, 0.2) is 35.7 Å². The monoisotopic (exact) mass is 522 g/mol. The number of halogens is 3. The Morgan fingerprint density at radius 1 is 1.28 bits per heavy atom. The third kappa shape index (κ3) is 6.04. The van der Waals surface area contributed by atoms with Crippen LogP contribution in [0.25, 0.3) is 0 Å². The lowest BCUT2D eigenvalue weighted by atomic mass is 9.89. The molecule has 0 aliphatic heterocycles. The Bertz CT molecular complexity index is 1240. The Hall–Kier alpha value is -3.41. The predicted molar refractivity (Wildman–Crippen MR) is 125 cm³/mol. The van der Waals surface area contributed by atoms with E-state index in [9.17, 15) is 22.8 Å². The number of ether oxygens (including phenoxy) is 2. The normalized spacial score (nSPS) is 15.3. The summed E-state index contributed by atoms with van der Waals surface area (Å²) in [4.78, 5) is 30.5. The molecule has 0 bridgehead atoms. The summed E-state index contributed by atoms with van der Waals surface area (Å²) in [7, 11) is 1.52. The van der Waals surface area contributed by atoms with E-state index in [2.05, 4.69) is 10.1 Å². The van der Waals surface area contributed by atoms with Crippen LogP contribution >= 0.6 is 11.3 Å². The van der Waals surface area contributed by atoms with Crippen LogP contribution in [0, 0.1) is 6.92 Å². The van der Waals surface area contributed by atoms with E-state index in [-0.39, 0.29) is 42.4 Å². The van der Waals surface area contributed by atoms with Crippen molar-refractivity contribution in [3.8, 4) is 5.19 Å². The Labute approximate surface area is 209 Å². The van der Waals surface area contributed by atoms with Crippen molar-refractivity contribution in [3.05, 3.63) is 63.9 Å². The van der Waals surface area contributed by atoms with Crippen LogP contribution in [-0.4, -0.2) is 51.7 Å². The van der Waals surface area contributed by atoms with Crippen LogP contribution in [0.5, 0.6) is 5.19 Å². The number of carbonyl (C=O) groups is 2. The highest BCUT2D eigenvalue weighted by atomic mass is 32.1. The summed E-state index contributed by atoms with van der Waals surface area (Å²) in [6, 6.07) is 8.82. The Balaban J connectivity index is 1.25. The molecule has 0 radical (unpaired) electrons. The number of carbonyl (C=O) groups excluding carboxylic acids is 2. The number of rotatable bonds is 8. The third-order valence-electron chi connectivity index (χ3n) is 5.89. The van der Waals surface area contributed by atoms with Crippen molar-refractivity contribution in [1.29, 1.82) is 0 Å². The molecule has 3 aromatic rings. The summed E-state index contributed by atoms with van der Waals surface area (Å²) < 4.78 is 50.7. The van der Waals surface area contributed by atoms with Crippen molar-refractivity contribution < 1.29 is 32.2 Å². The van der Waals surface area contributed by atoms with Crippen molar-refractivity contribution in [3.63, 3.8) is 0 Å². The van der Waals surface area contributed by atoms with Gasteiger partial charge in [-0.05, 0) is 43.4 Å². The fourth-order valence-corrected chi connectivity index (χ4v) is 4.55. The Kier molecular flexibility index (Phi) is 7.62. The molecular weight excluding hydrogens is 497 g/mol. The highest BCUT2D eigenvalue weighted by molar-refractivity contribution is 7.11. The van der Waals surface area contributed by atoms with Crippen molar-refractivity contribution in [2.75, 3.05) is 20.2 Å². The molecule has 0 saturated heterocycles. The second kappa shape index (κ2) is 10.7. The maximum Gasteiger partial charge on any atom is 0.435 e. The van der Waals surface area contributed by atoms with Gasteiger partial charge in [0.1, 0.15) is 19.3 Å². The summed E-state index contributed by atoms with van der Waals surface area (Å²) in [5.41, 5.74) is 1.56. The molecule has 192 valence electrons. The average Bonchev–Trinajstić information content (AvgIpc) is 3.46. The second-order valence-corrected chi connectivity index (χ2v) is 9.29. The number of aromatic nitrogens is 3. The summed E-state index contributed by atoms with van der Waals surface area (Å²) in [5.74, 6) is -0.947. The number of hydrogen-bond donors (Lipinski definition) is 0. The highest BCUT2D eigenvalue weighted by Crippen LogP contribution is 2.33. The molecule has 2 heterocycles. The molecule has 1 aliphatic rings. The van der Waals surface area contributed by atoms with Gasteiger partial charge in [0.25, 0.3) is 5.19 Å². The minimum atomic E-state index is -4.57. The molecule has 8 nitrogen and oxygen atoms in total. The van der Waals surface area contributed by atoms with Gasteiger partial charge in [0, 0.05) is 18.1 Å². The van der Waals surface area contributed by atoms with E-state index in [1.54, 1.807) is 5.38 Å². The molecule has 1 aromatic carbocycles. The number of benzene rings is 1. The molecule has 0 N–H and O–H groups in total. The number of esters is 1. The lowest BCUT2D eigenvalue weighted by Crippen LogP contribution is -2.34. The Morgan fingerprint density at radius 3 is 2.81 bits per heavy atom. The Morgan fingerprint density at radius 2 is 2.06 bits per heavy atom. The predicted octanol–water partition coefficient (Wildman–Crippen LogP) is 4.44. The van der Waals surface area contributed by atoms with Gasteiger partial charge in [0.05, 0.1) is 6.54 Å².